The molecule has 0 saturated carbocycles. The summed E-state index contributed by atoms with van der Waals surface area (Å²) in [6, 6.07) is 5.83. The lowest BCUT2D eigenvalue weighted by Crippen LogP contribution is -2.38. The Morgan fingerprint density at radius 2 is 1.95 bits per heavy atom. The van der Waals surface area contributed by atoms with Gasteiger partial charge in [0, 0.05) is 6.04 Å². The second-order valence-corrected chi connectivity index (χ2v) is 7.20. The Morgan fingerprint density at radius 3 is 2.50 bits per heavy atom. The normalized spacial score (nSPS) is 19.4. The van der Waals surface area contributed by atoms with Gasteiger partial charge in [0.05, 0.1) is 24.2 Å². The number of hydrogen-bond acceptors (Lipinski definition) is 6. The molecular weight excluding hydrogens is 310 g/mol. The Bertz CT molecular complexity index is 652. The number of carbonyl (C=O) groups excluding carboxylic acids is 2. The van der Waals surface area contributed by atoms with E-state index in [0.717, 1.165) is 0 Å². The van der Waals surface area contributed by atoms with E-state index in [9.17, 15) is 18.0 Å². The van der Waals surface area contributed by atoms with Gasteiger partial charge in [0.25, 0.3) is 5.91 Å². The number of benzene rings is 1. The predicted octanol–water partition coefficient (Wildman–Crippen LogP) is 0.155. The third kappa shape index (κ3) is 4.45. The molecule has 2 rings (SSSR count). The van der Waals surface area contributed by atoms with E-state index in [4.69, 9.17) is 4.74 Å². The molecule has 0 aliphatic carbocycles. The van der Waals surface area contributed by atoms with Crippen molar-refractivity contribution in [3.63, 3.8) is 0 Å². The minimum absolute atomic E-state index is 0.0213. The fourth-order valence-corrected chi connectivity index (χ4v) is 3.81. The predicted molar refractivity (Wildman–Crippen MR) is 78.5 cm³/mol. The molecule has 0 unspecified atom stereocenters. The van der Waals surface area contributed by atoms with E-state index < -0.39 is 15.8 Å². The summed E-state index contributed by atoms with van der Waals surface area (Å²) in [4.78, 5) is 23.0. The molecule has 7 nitrogen and oxygen atoms in total. The van der Waals surface area contributed by atoms with E-state index in [2.05, 4.69) is 10.1 Å². The fourth-order valence-electron chi connectivity index (χ4n) is 2.13. The van der Waals surface area contributed by atoms with Crippen molar-refractivity contribution in [1.82, 2.24) is 5.32 Å². The van der Waals surface area contributed by atoms with Gasteiger partial charge < -0.3 is 14.8 Å². The van der Waals surface area contributed by atoms with Crippen LogP contribution in [0.15, 0.2) is 24.3 Å². The minimum Gasteiger partial charge on any atom is -0.484 e. The molecule has 1 heterocycles. The molecule has 1 saturated heterocycles. The van der Waals surface area contributed by atoms with E-state index in [-0.39, 0.29) is 30.1 Å². The minimum atomic E-state index is -3.02. The SMILES string of the molecule is COC(=O)c1ccc(OCC(=O)N[C@H]2CCS(=O)(=O)C2)cc1. The monoisotopic (exact) mass is 327 g/mol. The number of amides is 1. The first-order chi connectivity index (χ1) is 10.4. The van der Waals surface area contributed by atoms with Gasteiger partial charge >= 0.3 is 5.97 Å². The molecule has 0 spiro atoms. The molecule has 0 bridgehead atoms. The zero-order valence-electron chi connectivity index (χ0n) is 12.1. The van der Waals surface area contributed by atoms with Crippen LogP contribution in [0.5, 0.6) is 5.75 Å². The van der Waals surface area contributed by atoms with Gasteiger partial charge in [-0.1, -0.05) is 0 Å². The highest BCUT2D eigenvalue weighted by molar-refractivity contribution is 7.91. The largest absolute Gasteiger partial charge is 0.484 e. The van der Waals surface area contributed by atoms with Crippen LogP contribution in [0, 0.1) is 0 Å². The van der Waals surface area contributed by atoms with Crippen molar-refractivity contribution in [3.05, 3.63) is 29.8 Å². The first-order valence-electron chi connectivity index (χ1n) is 6.70. The highest BCUT2D eigenvalue weighted by Gasteiger charge is 2.28. The fraction of sp³-hybridized carbons (Fsp3) is 0.429. The molecule has 1 amide bonds. The maximum Gasteiger partial charge on any atom is 0.337 e. The summed E-state index contributed by atoms with van der Waals surface area (Å²) < 4.78 is 32.4. The number of nitrogens with one attached hydrogen (secondary N) is 1. The number of sulfone groups is 1. The number of methoxy groups -OCH3 is 1. The summed E-state index contributed by atoms with van der Waals surface area (Å²) in [7, 11) is -1.73. The maximum absolute atomic E-state index is 11.7. The Balaban J connectivity index is 1.80. The summed E-state index contributed by atoms with van der Waals surface area (Å²) in [5, 5.41) is 2.63. The van der Waals surface area contributed by atoms with Crippen LogP contribution in [0.1, 0.15) is 16.8 Å². The third-order valence-corrected chi connectivity index (χ3v) is 5.01. The molecule has 120 valence electrons. The number of carbonyl (C=O) groups is 2. The standard InChI is InChI=1S/C14H17NO6S/c1-20-14(17)10-2-4-12(5-3-10)21-8-13(16)15-11-6-7-22(18,19)9-11/h2-5,11H,6-9H2,1H3,(H,15,16)/t11-/m0/s1. The van der Waals surface area contributed by atoms with Crippen LogP contribution in [0.4, 0.5) is 0 Å². The molecule has 0 radical (unpaired) electrons. The van der Waals surface area contributed by atoms with Crippen LogP contribution in [-0.2, 0) is 19.4 Å². The van der Waals surface area contributed by atoms with Gasteiger partial charge in [-0.3, -0.25) is 4.79 Å². The second-order valence-electron chi connectivity index (χ2n) is 4.97. The number of hydrogen-bond donors (Lipinski definition) is 1. The highest BCUT2D eigenvalue weighted by Crippen LogP contribution is 2.13. The average molecular weight is 327 g/mol. The summed E-state index contributed by atoms with van der Waals surface area (Å²) >= 11 is 0. The summed E-state index contributed by atoms with van der Waals surface area (Å²) in [5.41, 5.74) is 0.385. The van der Waals surface area contributed by atoms with Crippen LogP contribution >= 0.6 is 0 Å². The van der Waals surface area contributed by atoms with Crippen molar-refractivity contribution in [2.75, 3.05) is 25.2 Å². The average Bonchev–Trinajstić information content (AvgIpc) is 2.83. The first kappa shape index (κ1) is 16.3. The maximum atomic E-state index is 11.7. The molecule has 1 aromatic carbocycles. The molecule has 8 heteroatoms. The van der Waals surface area contributed by atoms with Crippen LogP contribution in [0.25, 0.3) is 0 Å². The number of esters is 1. The third-order valence-electron chi connectivity index (χ3n) is 3.24. The Labute approximate surface area is 128 Å². The lowest BCUT2D eigenvalue weighted by atomic mass is 10.2. The van der Waals surface area contributed by atoms with E-state index in [1.807, 2.05) is 0 Å². The molecule has 1 atom stereocenters. The van der Waals surface area contributed by atoms with Crippen molar-refractivity contribution in [3.8, 4) is 5.75 Å². The Kier molecular flexibility index (Phi) is 5.02. The highest BCUT2D eigenvalue weighted by atomic mass is 32.2. The van der Waals surface area contributed by atoms with Crippen molar-refractivity contribution in [1.29, 1.82) is 0 Å². The van der Waals surface area contributed by atoms with E-state index >= 15 is 0 Å². The zero-order chi connectivity index (χ0) is 16.2. The van der Waals surface area contributed by atoms with E-state index in [0.29, 0.717) is 17.7 Å². The van der Waals surface area contributed by atoms with Crippen molar-refractivity contribution in [2.45, 2.75) is 12.5 Å². The second kappa shape index (κ2) is 6.78. The van der Waals surface area contributed by atoms with Crippen LogP contribution in [-0.4, -0.2) is 51.6 Å². The van der Waals surface area contributed by atoms with Gasteiger partial charge in [0.1, 0.15) is 5.75 Å². The van der Waals surface area contributed by atoms with Gasteiger partial charge in [-0.05, 0) is 30.7 Å². The quantitative estimate of drug-likeness (QED) is 0.773. The van der Waals surface area contributed by atoms with Gasteiger partial charge in [0.2, 0.25) is 0 Å². The lowest BCUT2D eigenvalue weighted by molar-refractivity contribution is -0.123. The Hall–Kier alpha value is -2.09. The summed E-state index contributed by atoms with van der Waals surface area (Å²) in [6.07, 6.45) is 0.432. The smallest absolute Gasteiger partial charge is 0.337 e. The molecule has 1 N–H and O–H groups in total. The van der Waals surface area contributed by atoms with Crippen molar-refractivity contribution >= 4 is 21.7 Å². The first-order valence-corrected chi connectivity index (χ1v) is 8.53. The molecular formula is C14H17NO6S. The van der Waals surface area contributed by atoms with Crippen LogP contribution < -0.4 is 10.1 Å². The van der Waals surface area contributed by atoms with Gasteiger partial charge in [-0.2, -0.15) is 0 Å². The van der Waals surface area contributed by atoms with Crippen LogP contribution in [0.3, 0.4) is 0 Å². The molecule has 1 fully saturated rings. The van der Waals surface area contributed by atoms with E-state index in [1.165, 1.54) is 19.2 Å². The lowest BCUT2D eigenvalue weighted by Gasteiger charge is -2.11. The summed E-state index contributed by atoms with van der Waals surface area (Å²) in [5.74, 6) is -0.312. The van der Waals surface area contributed by atoms with Crippen molar-refractivity contribution < 1.29 is 27.5 Å². The zero-order valence-corrected chi connectivity index (χ0v) is 12.9. The van der Waals surface area contributed by atoms with Gasteiger partial charge in [0.15, 0.2) is 16.4 Å². The van der Waals surface area contributed by atoms with Gasteiger partial charge in [-0.15, -0.1) is 0 Å². The summed E-state index contributed by atoms with van der Waals surface area (Å²) in [6.45, 7) is -0.214. The van der Waals surface area contributed by atoms with Gasteiger partial charge in [-0.25, -0.2) is 13.2 Å². The Morgan fingerprint density at radius 1 is 1.27 bits per heavy atom. The molecule has 0 aromatic heterocycles. The molecule has 1 aliphatic rings. The number of rotatable bonds is 5. The molecule has 22 heavy (non-hydrogen) atoms. The van der Waals surface area contributed by atoms with Crippen LogP contribution in [0.2, 0.25) is 0 Å². The molecule has 1 aliphatic heterocycles. The van der Waals surface area contributed by atoms with Crippen molar-refractivity contribution in [2.24, 2.45) is 0 Å². The topological polar surface area (TPSA) is 98.8 Å². The molecule has 1 aromatic rings. The number of ether oxygens (including phenoxy) is 2. The van der Waals surface area contributed by atoms with E-state index in [1.54, 1.807) is 12.1 Å².